The Hall–Kier alpha value is -8.67. The molecule has 298 valence electrons. The van der Waals surface area contributed by atoms with Crippen molar-refractivity contribution in [3.05, 3.63) is 225 Å². The van der Waals surface area contributed by atoms with Gasteiger partial charge in [0.05, 0.1) is 34.2 Å². The number of benzene rings is 7. The first kappa shape index (κ1) is 37.1. The molecular weight excluding hydrogens is 779 g/mol. The number of hydrogen-bond acceptors (Lipinski definition) is 5. The van der Waals surface area contributed by atoms with Gasteiger partial charge in [-0.2, -0.15) is 0 Å². The van der Waals surface area contributed by atoms with Crippen molar-refractivity contribution in [3.8, 4) is 78.7 Å². The van der Waals surface area contributed by atoms with Crippen LogP contribution in [-0.4, -0.2) is 24.9 Å². The van der Waals surface area contributed by atoms with E-state index in [1.54, 1.807) is 0 Å². The zero-order valence-electron chi connectivity index (χ0n) is 34.6. The molecule has 5 nitrogen and oxygen atoms in total. The molecule has 7 aromatic carbocycles. The largest absolute Gasteiger partial charge is 0.256 e. The molecule has 5 aromatic heterocycles. The maximum absolute atomic E-state index is 5.38. The summed E-state index contributed by atoms with van der Waals surface area (Å²) >= 11 is 0. The molecule has 0 N–H and O–H groups in total. The zero-order valence-corrected chi connectivity index (χ0v) is 34.6. The molecule has 0 unspecified atom stereocenters. The SMILES string of the molecule is c1ccc2cc(-c3cc(-c4cc(-c5ccc(-c6nccc7ccccc67)cc5)nc(-c5ccc(-c6nccc7ccccc67)cc5)c4)cc(-c4cc5ccccc5cn4)c3)ncc2c1. The highest BCUT2D eigenvalue weighted by Crippen LogP contribution is 2.38. The highest BCUT2D eigenvalue weighted by atomic mass is 14.7. The topological polar surface area (TPSA) is 64.5 Å². The molecule has 64 heavy (non-hydrogen) atoms. The van der Waals surface area contributed by atoms with Gasteiger partial charge >= 0.3 is 0 Å². The number of pyridine rings is 5. The lowest BCUT2D eigenvalue weighted by atomic mass is 9.93. The molecule has 0 spiro atoms. The minimum atomic E-state index is 0.865. The third-order valence-electron chi connectivity index (χ3n) is 12.2. The van der Waals surface area contributed by atoms with Gasteiger partial charge in [0.1, 0.15) is 0 Å². The summed E-state index contributed by atoms with van der Waals surface area (Å²) in [6.07, 6.45) is 7.69. The lowest BCUT2D eigenvalue weighted by Gasteiger charge is -2.14. The molecule has 0 radical (unpaired) electrons. The molecular formula is C59H37N5. The second kappa shape index (κ2) is 15.7. The summed E-state index contributed by atoms with van der Waals surface area (Å²) in [4.78, 5) is 25.0. The number of aromatic nitrogens is 5. The van der Waals surface area contributed by atoms with Crippen molar-refractivity contribution in [2.45, 2.75) is 0 Å². The van der Waals surface area contributed by atoms with Crippen molar-refractivity contribution in [3.63, 3.8) is 0 Å². The summed E-state index contributed by atoms with van der Waals surface area (Å²) in [7, 11) is 0. The average molecular weight is 816 g/mol. The number of nitrogens with zero attached hydrogens (tertiary/aromatic N) is 5. The highest BCUT2D eigenvalue weighted by molar-refractivity contribution is 5.96. The maximum Gasteiger partial charge on any atom is 0.0780 e. The third kappa shape index (κ3) is 6.91. The smallest absolute Gasteiger partial charge is 0.0780 e. The fourth-order valence-electron chi connectivity index (χ4n) is 8.86. The van der Waals surface area contributed by atoms with E-state index in [1.165, 1.54) is 0 Å². The molecule has 0 saturated carbocycles. The van der Waals surface area contributed by atoms with Crippen LogP contribution >= 0.6 is 0 Å². The summed E-state index contributed by atoms with van der Waals surface area (Å²) < 4.78 is 0. The van der Waals surface area contributed by atoms with E-state index in [4.69, 9.17) is 24.9 Å². The Morgan fingerprint density at radius 2 is 0.609 bits per heavy atom. The fraction of sp³-hybridized carbons (Fsp3) is 0. The highest BCUT2D eigenvalue weighted by Gasteiger charge is 2.16. The van der Waals surface area contributed by atoms with Crippen molar-refractivity contribution < 1.29 is 0 Å². The number of hydrogen-bond donors (Lipinski definition) is 0. The summed E-state index contributed by atoms with van der Waals surface area (Å²) in [5, 5.41) is 9.06. The molecule has 0 atom stereocenters. The summed E-state index contributed by atoms with van der Waals surface area (Å²) in [6.45, 7) is 0. The minimum Gasteiger partial charge on any atom is -0.256 e. The Bertz CT molecular complexity index is 3480. The fourth-order valence-corrected chi connectivity index (χ4v) is 8.86. The lowest BCUT2D eigenvalue weighted by molar-refractivity contribution is 1.31. The Labute approximate surface area is 370 Å². The molecule has 5 heteroatoms. The van der Waals surface area contributed by atoms with Crippen molar-refractivity contribution in [1.82, 2.24) is 24.9 Å². The molecule has 12 rings (SSSR count). The van der Waals surface area contributed by atoms with Crippen LogP contribution in [0.2, 0.25) is 0 Å². The van der Waals surface area contributed by atoms with E-state index in [9.17, 15) is 0 Å². The van der Waals surface area contributed by atoms with Crippen molar-refractivity contribution >= 4 is 43.1 Å². The van der Waals surface area contributed by atoms with E-state index in [0.717, 1.165) is 122 Å². The quantitative estimate of drug-likeness (QED) is 0.160. The Kier molecular flexibility index (Phi) is 9.08. The van der Waals surface area contributed by atoms with Crippen LogP contribution in [0, 0.1) is 0 Å². The van der Waals surface area contributed by atoms with Gasteiger partial charge in [-0.1, -0.05) is 146 Å². The first-order valence-electron chi connectivity index (χ1n) is 21.4. The summed E-state index contributed by atoms with van der Waals surface area (Å²) in [5.74, 6) is 0. The van der Waals surface area contributed by atoms with Crippen LogP contribution in [0.25, 0.3) is 122 Å². The van der Waals surface area contributed by atoms with Crippen LogP contribution in [0.15, 0.2) is 225 Å². The molecule has 0 aliphatic heterocycles. The Morgan fingerprint density at radius 3 is 1.08 bits per heavy atom. The lowest BCUT2D eigenvalue weighted by Crippen LogP contribution is -1.94. The van der Waals surface area contributed by atoms with Gasteiger partial charge in [0.15, 0.2) is 0 Å². The van der Waals surface area contributed by atoms with Gasteiger partial charge in [-0.3, -0.25) is 19.9 Å². The van der Waals surface area contributed by atoms with E-state index in [1.807, 2.05) is 24.8 Å². The first-order chi connectivity index (χ1) is 31.7. The standard InChI is InChI=1S/C59H37N5/c1-3-13-46-36-62-54(32-44(46)11-1)50-29-48(30-51(31-50)55-33-45-12-2-4-14-47(45)37-63-55)49-34-56(40-17-21-42(22-18-40)58-52-15-7-5-9-38(52)25-27-60-58)64-57(35-49)41-19-23-43(24-20-41)59-53-16-8-6-10-39(53)26-28-61-59/h1-37H. The van der Waals surface area contributed by atoms with Gasteiger partial charge in [0.2, 0.25) is 0 Å². The van der Waals surface area contributed by atoms with E-state index in [-0.39, 0.29) is 0 Å². The average Bonchev–Trinajstić information content (AvgIpc) is 3.38. The van der Waals surface area contributed by atoms with Gasteiger partial charge < -0.3 is 0 Å². The van der Waals surface area contributed by atoms with Crippen LogP contribution in [-0.2, 0) is 0 Å². The summed E-state index contributed by atoms with van der Waals surface area (Å²) in [5.41, 5.74) is 13.6. The van der Waals surface area contributed by atoms with Crippen LogP contribution < -0.4 is 0 Å². The van der Waals surface area contributed by atoms with E-state index in [2.05, 4.69) is 200 Å². The van der Waals surface area contributed by atoms with E-state index >= 15 is 0 Å². The molecule has 0 aliphatic rings. The number of fused-ring (bicyclic) bond motifs is 4. The van der Waals surface area contributed by atoms with Crippen molar-refractivity contribution in [2.75, 3.05) is 0 Å². The summed E-state index contributed by atoms with van der Waals surface area (Å²) in [6, 6.07) is 70.3. The normalized spacial score (nSPS) is 11.4. The molecule has 5 heterocycles. The van der Waals surface area contributed by atoms with Crippen LogP contribution in [0.1, 0.15) is 0 Å². The molecule has 0 saturated heterocycles. The molecule has 12 aromatic rings. The second-order valence-corrected chi connectivity index (χ2v) is 16.2. The predicted molar refractivity (Wildman–Crippen MR) is 263 cm³/mol. The predicted octanol–water partition coefficient (Wildman–Crippen LogP) is 14.9. The zero-order chi connectivity index (χ0) is 42.4. The van der Waals surface area contributed by atoms with E-state index in [0.29, 0.717) is 0 Å². The molecule has 0 bridgehead atoms. The number of rotatable bonds is 7. The Balaban J connectivity index is 1.02. The van der Waals surface area contributed by atoms with Gasteiger partial charge in [0, 0.05) is 79.7 Å². The van der Waals surface area contributed by atoms with Gasteiger partial charge in [-0.15, -0.1) is 0 Å². The van der Waals surface area contributed by atoms with Gasteiger partial charge in [0.25, 0.3) is 0 Å². The monoisotopic (exact) mass is 815 g/mol. The van der Waals surface area contributed by atoms with Crippen LogP contribution in [0.4, 0.5) is 0 Å². The third-order valence-corrected chi connectivity index (χ3v) is 12.2. The van der Waals surface area contributed by atoms with E-state index < -0.39 is 0 Å². The Morgan fingerprint density at radius 1 is 0.234 bits per heavy atom. The van der Waals surface area contributed by atoms with Gasteiger partial charge in [-0.25, -0.2) is 4.98 Å². The molecule has 0 fully saturated rings. The van der Waals surface area contributed by atoms with Crippen molar-refractivity contribution in [1.29, 1.82) is 0 Å². The molecule has 0 aliphatic carbocycles. The first-order valence-corrected chi connectivity index (χ1v) is 21.4. The minimum absolute atomic E-state index is 0.865. The molecule has 0 amide bonds. The van der Waals surface area contributed by atoms with Crippen molar-refractivity contribution in [2.24, 2.45) is 0 Å². The van der Waals surface area contributed by atoms with Gasteiger partial charge in [-0.05, 0) is 87.3 Å². The second-order valence-electron chi connectivity index (χ2n) is 16.2. The van der Waals surface area contributed by atoms with Crippen LogP contribution in [0.5, 0.6) is 0 Å². The van der Waals surface area contributed by atoms with Crippen LogP contribution in [0.3, 0.4) is 0 Å². The maximum atomic E-state index is 5.38.